The Morgan fingerprint density at radius 2 is 1.67 bits per heavy atom. The van der Waals surface area contributed by atoms with Crippen LogP contribution in [0.25, 0.3) is 22.3 Å². The first-order chi connectivity index (χ1) is 10.8. The summed E-state index contributed by atoms with van der Waals surface area (Å²) in [5.74, 6) is -1.80. The summed E-state index contributed by atoms with van der Waals surface area (Å²) in [6.07, 6.45) is 0. The smallest absolute Gasteiger partial charge is 1.00 e. The fraction of sp³-hybridized carbons (Fsp3) is 0. The van der Waals surface area contributed by atoms with Crippen LogP contribution in [-0.4, -0.2) is 23.2 Å². The van der Waals surface area contributed by atoms with Gasteiger partial charge in [-0.05, 0) is 0 Å². The second kappa shape index (κ2) is 6.58. The fourth-order valence-corrected chi connectivity index (χ4v) is 2.94. The molecule has 0 saturated carbocycles. The number of benzene rings is 2. The average Bonchev–Trinajstić information content (AvgIpc) is 2.45. The molecule has 0 saturated heterocycles. The number of hydrogen-bond acceptors (Lipinski definition) is 6. The van der Waals surface area contributed by atoms with Gasteiger partial charge in [0.15, 0.2) is 16.1 Å². The number of phenols is 2. The normalized spacial score (nSPS) is 11.2. The van der Waals surface area contributed by atoms with E-state index in [9.17, 15) is 23.4 Å². The van der Waals surface area contributed by atoms with Crippen molar-refractivity contribution in [1.82, 2.24) is 0 Å². The van der Waals surface area contributed by atoms with Crippen molar-refractivity contribution in [3.8, 4) is 22.8 Å². The third-order valence-corrected chi connectivity index (χ3v) is 4.16. The number of fused-ring (bicyclic) bond motifs is 1. The van der Waals surface area contributed by atoms with Crippen LogP contribution in [0, 0.1) is 0 Å². The summed E-state index contributed by atoms with van der Waals surface area (Å²) in [6.45, 7) is 0. The standard InChI is InChI=1S/C15H10O7S.Na.H/c16-9-6-11(8-4-2-1-3-5-8)22-12-7-10(17)15(23(19,20)21)14(18)13(9)12;;/h1-7,17-18H,(H,19,20,21);;/q;+1;-1. The van der Waals surface area contributed by atoms with E-state index in [1.807, 2.05) is 0 Å². The molecule has 0 radical (unpaired) electrons. The van der Waals surface area contributed by atoms with Crippen molar-refractivity contribution in [2.45, 2.75) is 4.90 Å². The van der Waals surface area contributed by atoms with Crippen molar-refractivity contribution in [1.29, 1.82) is 0 Å². The second-order valence-corrected chi connectivity index (χ2v) is 6.12. The Morgan fingerprint density at radius 3 is 2.25 bits per heavy atom. The molecule has 7 nitrogen and oxygen atoms in total. The van der Waals surface area contributed by atoms with Gasteiger partial charge in [-0.15, -0.1) is 0 Å². The monoisotopic (exact) mass is 358 g/mol. The predicted molar refractivity (Wildman–Crippen MR) is 82.2 cm³/mol. The van der Waals surface area contributed by atoms with Gasteiger partial charge in [0, 0.05) is 17.7 Å². The average molecular weight is 358 g/mol. The first-order valence-corrected chi connectivity index (χ1v) is 7.79. The SMILES string of the molecule is O=c1cc(-c2ccccc2)oc2cc(O)c(S(=O)(=O)O)c(O)c12.[H-].[Na+]. The number of phenolic OH excluding ortho intramolecular Hbond substituents is 2. The topological polar surface area (TPSA) is 125 Å². The molecule has 0 bridgehead atoms. The van der Waals surface area contributed by atoms with Crippen LogP contribution in [0.3, 0.4) is 0 Å². The molecule has 0 amide bonds. The molecule has 0 unspecified atom stereocenters. The summed E-state index contributed by atoms with van der Waals surface area (Å²) in [5, 5.41) is 19.2. The fourth-order valence-electron chi connectivity index (χ4n) is 2.27. The van der Waals surface area contributed by atoms with Crippen molar-refractivity contribution in [3.05, 3.63) is 52.7 Å². The van der Waals surface area contributed by atoms with Crippen molar-refractivity contribution < 1.29 is 58.6 Å². The van der Waals surface area contributed by atoms with Gasteiger partial charge in [-0.25, -0.2) is 0 Å². The summed E-state index contributed by atoms with van der Waals surface area (Å²) in [7, 11) is -4.92. The Labute approximate surface area is 159 Å². The molecule has 24 heavy (non-hydrogen) atoms. The number of rotatable bonds is 2. The van der Waals surface area contributed by atoms with Crippen LogP contribution in [0.15, 0.2) is 56.6 Å². The van der Waals surface area contributed by atoms with E-state index in [-0.39, 0.29) is 42.3 Å². The van der Waals surface area contributed by atoms with E-state index >= 15 is 0 Å². The van der Waals surface area contributed by atoms with Gasteiger partial charge in [0.25, 0.3) is 0 Å². The molecule has 0 atom stereocenters. The summed E-state index contributed by atoms with van der Waals surface area (Å²) in [4.78, 5) is 11.1. The minimum absolute atomic E-state index is 0. The molecule has 3 aromatic rings. The minimum atomic E-state index is -4.92. The third kappa shape index (κ3) is 3.19. The van der Waals surface area contributed by atoms with Crippen LogP contribution in [0.4, 0.5) is 0 Å². The molecule has 3 rings (SSSR count). The zero-order chi connectivity index (χ0) is 16.8. The maximum atomic E-state index is 12.2. The molecule has 0 aliphatic heterocycles. The first-order valence-electron chi connectivity index (χ1n) is 6.35. The number of hydrogen-bond donors (Lipinski definition) is 3. The predicted octanol–water partition coefficient (Wildman–Crippen LogP) is -0.766. The van der Waals surface area contributed by atoms with Gasteiger partial charge in [0.2, 0.25) is 0 Å². The Hall–Kier alpha value is -1.84. The van der Waals surface area contributed by atoms with Crippen molar-refractivity contribution in [2.75, 3.05) is 0 Å². The molecule has 120 valence electrons. The Kier molecular flexibility index (Phi) is 5.07. The van der Waals surface area contributed by atoms with E-state index in [0.29, 0.717) is 5.56 Å². The molecule has 2 aromatic carbocycles. The molecule has 0 fully saturated rings. The van der Waals surface area contributed by atoms with E-state index in [0.717, 1.165) is 12.1 Å². The quantitative estimate of drug-likeness (QED) is 0.406. The molecule has 3 N–H and O–H groups in total. The molecular weight excluding hydrogens is 347 g/mol. The zero-order valence-corrected chi connectivity index (χ0v) is 15.2. The maximum Gasteiger partial charge on any atom is 1.00 e. The summed E-state index contributed by atoms with van der Waals surface area (Å²) >= 11 is 0. The summed E-state index contributed by atoms with van der Waals surface area (Å²) in [5.41, 5.74) is -0.337. The molecule has 1 heterocycles. The van der Waals surface area contributed by atoms with Gasteiger partial charge in [0.1, 0.15) is 22.5 Å². The largest absolute Gasteiger partial charge is 1.00 e. The van der Waals surface area contributed by atoms with Crippen molar-refractivity contribution in [3.63, 3.8) is 0 Å². The Balaban J connectivity index is 0.00000156. The molecular formula is C15H11NaO7S. The molecule has 9 heteroatoms. The van der Waals surface area contributed by atoms with Crippen LogP contribution < -0.4 is 35.0 Å². The van der Waals surface area contributed by atoms with Crippen LogP contribution in [0.2, 0.25) is 0 Å². The molecule has 1 aromatic heterocycles. The van der Waals surface area contributed by atoms with Gasteiger partial charge in [-0.3, -0.25) is 9.35 Å². The third-order valence-electron chi connectivity index (χ3n) is 3.24. The van der Waals surface area contributed by atoms with E-state index in [2.05, 4.69) is 0 Å². The van der Waals surface area contributed by atoms with E-state index < -0.39 is 37.3 Å². The summed E-state index contributed by atoms with van der Waals surface area (Å²) in [6, 6.07) is 10.6. The first kappa shape index (κ1) is 18.5. The van der Waals surface area contributed by atoms with Crippen LogP contribution in [0.5, 0.6) is 11.5 Å². The maximum absolute atomic E-state index is 12.2. The molecule has 0 aliphatic rings. The Morgan fingerprint density at radius 1 is 1.04 bits per heavy atom. The van der Waals surface area contributed by atoms with Crippen LogP contribution in [0.1, 0.15) is 1.43 Å². The van der Waals surface area contributed by atoms with E-state index in [4.69, 9.17) is 8.97 Å². The number of aromatic hydroxyl groups is 2. The van der Waals surface area contributed by atoms with Gasteiger partial charge >= 0.3 is 39.7 Å². The van der Waals surface area contributed by atoms with Crippen LogP contribution in [-0.2, 0) is 10.1 Å². The summed E-state index contributed by atoms with van der Waals surface area (Å²) < 4.78 is 37.0. The molecule has 0 spiro atoms. The van der Waals surface area contributed by atoms with E-state index in [1.54, 1.807) is 30.3 Å². The van der Waals surface area contributed by atoms with Gasteiger partial charge in [-0.1, -0.05) is 30.3 Å². The van der Waals surface area contributed by atoms with Gasteiger partial charge in [0.05, 0.1) is 0 Å². The Bertz CT molecular complexity index is 1080. The minimum Gasteiger partial charge on any atom is -1.00 e. The van der Waals surface area contributed by atoms with Crippen molar-refractivity contribution >= 4 is 21.1 Å². The van der Waals surface area contributed by atoms with Crippen LogP contribution >= 0.6 is 0 Å². The second-order valence-electron chi connectivity index (χ2n) is 4.76. The van der Waals surface area contributed by atoms with Gasteiger partial charge < -0.3 is 16.1 Å². The van der Waals surface area contributed by atoms with Gasteiger partial charge in [-0.2, -0.15) is 8.42 Å². The zero-order valence-electron chi connectivity index (χ0n) is 13.4. The molecule has 0 aliphatic carbocycles. The van der Waals surface area contributed by atoms with Crippen molar-refractivity contribution in [2.24, 2.45) is 0 Å². The van der Waals surface area contributed by atoms with E-state index in [1.165, 1.54) is 0 Å².